The number of ether oxygens (including phenoxy) is 1. The molecule has 1 heterocycles. The lowest BCUT2D eigenvalue weighted by atomic mass is 10.2. The fourth-order valence-electron chi connectivity index (χ4n) is 1.38. The van der Waals surface area contributed by atoms with E-state index in [9.17, 15) is 0 Å². The minimum Gasteiger partial charge on any atom is -0.497 e. The molecule has 0 saturated heterocycles. The van der Waals surface area contributed by atoms with Crippen LogP contribution in [0.2, 0.25) is 0 Å². The van der Waals surface area contributed by atoms with Crippen LogP contribution in [0.1, 0.15) is 12.0 Å². The van der Waals surface area contributed by atoms with Gasteiger partial charge in [-0.15, -0.1) is 0 Å². The van der Waals surface area contributed by atoms with Crippen molar-refractivity contribution in [1.29, 1.82) is 0 Å². The summed E-state index contributed by atoms with van der Waals surface area (Å²) in [5, 5.41) is 17.9. The van der Waals surface area contributed by atoms with Crippen LogP contribution in [-0.2, 0) is 0 Å². The molecule has 0 bridgehead atoms. The summed E-state index contributed by atoms with van der Waals surface area (Å²) < 4.78 is 5.09. The van der Waals surface area contributed by atoms with E-state index in [0.717, 1.165) is 11.3 Å². The van der Waals surface area contributed by atoms with Crippen LogP contribution in [0.3, 0.4) is 0 Å². The zero-order valence-electron chi connectivity index (χ0n) is 8.71. The number of hydrogen-bond acceptors (Lipinski definition) is 4. The standard InChI is InChI=1S/C11H12N2O3/c1-16-8-4-2-3-7(5-8)10-12-6-9(13-10)11(14)15/h2-6,11,14-15H,1H3,(H,12,13). The fourth-order valence-corrected chi connectivity index (χ4v) is 1.38. The van der Waals surface area contributed by atoms with E-state index in [0.29, 0.717) is 5.82 Å². The first-order valence-corrected chi connectivity index (χ1v) is 4.76. The molecule has 0 amide bonds. The molecule has 5 heteroatoms. The first-order chi connectivity index (χ1) is 7.70. The van der Waals surface area contributed by atoms with E-state index >= 15 is 0 Å². The molecular weight excluding hydrogens is 208 g/mol. The number of aromatic amines is 1. The average molecular weight is 220 g/mol. The van der Waals surface area contributed by atoms with E-state index in [1.807, 2.05) is 24.3 Å². The third-order valence-electron chi connectivity index (χ3n) is 2.22. The number of methoxy groups -OCH3 is 1. The molecule has 5 nitrogen and oxygen atoms in total. The smallest absolute Gasteiger partial charge is 0.195 e. The summed E-state index contributed by atoms with van der Waals surface area (Å²) in [5.41, 5.74) is 1.09. The second kappa shape index (κ2) is 4.34. The Labute approximate surface area is 92.3 Å². The lowest BCUT2D eigenvalue weighted by Gasteiger charge is -2.02. The van der Waals surface area contributed by atoms with Gasteiger partial charge in [0.2, 0.25) is 0 Å². The Morgan fingerprint density at radius 2 is 2.19 bits per heavy atom. The predicted molar refractivity (Wildman–Crippen MR) is 57.8 cm³/mol. The van der Waals surface area contributed by atoms with E-state index in [2.05, 4.69) is 9.97 Å². The van der Waals surface area contributed by atoms with Crippen molar-refractivity contribution >= 4 is 0 Å². The summed E-state index contributed by atoms with van der Waals surface area (Å²) in [6.07, 6.45) is -0.147. The molecule has 0 spiro atoms. The quantitative estimate of drug-likeness (QED) is 0.676. The van der Waals surface area contributed by atoms with Gasteiger partial charge in [-0.05, 0) is 12.1 Å². The minimum atomic E-state index is -1.54. The van der Waals surface area contributed by atoms with Gasteiger partial charge in [0, 0.05) is 5.56 Å². The highest BCUT2D eigenvalue weighted by atomic mass is 16.5. The summed E-state index contributed by atoms with van der Waals surface area (Å²) in [5.74, 6) is 1.29. The zero-order valence-corrected chi connectivity index (χ0v) is 8.71. The van der Waals surface area contributed by atoms with Crippen molar-refractivity contribution in [2.24, 2.45) is 0 Å². The fraction of sp³-hybridized carbons (Fsp3) is 0.182. The second-order valence-electron chi connectivity index (χ2n) is 3.29. The summed E-state index contributed by atoms with van der Waals surface area (Å²) in [6, 6.07) is 7.33. The van der Waals surface area contributed by atoms with E-state index < -0.39 is 6.29 Å². The van der Waals surface area contributed by atoms with Gasteiger partial charge in [0.1, 0.15) is 11.6 Å². The predicted octanol–water partition coefficient (Wildman–Crippen LogP) is 1.07. The Balaban J connectivity index is 2.34. The van der Waals surface area contributed by atoms with Gasteiger partial charge in [0.25, 0.3) is 0 Å². The van der Waals surface area contributed by atoms with Crippen LogP contribution in [0.25, 0.3) is 11.4 Å². The first kappa shape index (κ1) is 10.7. The summed E-state index contributed by atoms with van der Waals surface area (Å²) in [4.78, 5) is 6.87. The molecule has 0 aliphatic heterocycles. The van der Waals surface area contributed by atoms with Crippen LogP contribution in [0.15, 0.2) is 30.5 Å². The molecule has 3 N–H and O–H groups in total. The normalized spacial score (nSPS) is 10.8. The van der Waals surface area contributed by atoms with E-state index in [1.54, 1.807) is 7.11 Å². The van der Waals surface area contributed by atoms with Crippen molar-refractivity contribution < 1.29 is 14.9 Å². The molecule has 0 atom stereocenters. The van der Waals surface area contributed by atoms with Gasteiger partial charge in [-0.1, -0.05) is 12.1 Å². The number of H-pyrrole nitrogens is 1. The van der Waals surface area contributed by atoms with E-state index in [1.165, 1.54) is 6.20 Å². The molecule has 0 aliphatic rings. The lowest BCUT2D eigenvalue weighted by molar-refractivity contribution is -0.0454. The zero-order chi connectivity index (χ0) is 11.5. The van der Waals surface area contributed by atoms with Crippen LogP contribution in [0, 0.1) is 0 Å². The van der Waals surface area contributed by atoms with Gasteiger partial charge in [-0.3, -0.25) is 0 Å². The number of nitrogens with one attached hydrogen (secondary N) is 1. The van der Waals surface area contributed by atoms with Gasteiger partial charge >= 0.3 is 0 Å². The number of hydrogen-bond donors (Lipinski definition) is 3. The van der Waals surface area contributed by atoms with Gasteiger partial charge in [0.15, 0.2) is 6.29 Å². The minimum absolute atomic E-state index is 0.262. The molecule has 0 fully saturated rings. The molecule has 2 rings (SSSR count). The number of aromatic nitrogens is 2. The molecule has 0 unspecified atom stereocenters. The Kier molecular flexibility index (Phi) is 2.89. The Morgan fingerprint density at radius 3 is 2.81 bits per heavy atom. The molecular formula is C11H12N2O3. The summed E-state index contributed by atoms with van der Waals surface area (Å²) >= 11 is 0. The first-order valence-electron chi connectivity index (χ1n) is 4.76. The highest BCUT2D eigenvalue weighted by Gasteiger charge is 2.08. The van der Waals surface area contributed by atoms with Crippen molar-refractivity contribution in [3.63, 3.8) is 0 Å². The Morgan fingerprint density at radius 1 is 1.38 bits per heavy atom. The third-order valence-corrected chi connectivity index (χ3v) is 2.22. The second-order valence-corrected chi connectivity index (χ2v) is 3.29. The van der Waals surface area contributed by atoms with Crippen LogP contribution in [0.5, 0.6) is 5.75 Å². The lowest BCUT2D eigenvalue weighted by Crippen LogP contribution is -1.94. The molecule has 16 heavy (non-hydrogen) atoms. The maximum Gasteiger partial charge on any atom is 0.195 e. The van der Waals surface area contributed by atoms with Gasteiger partial charge < -0.3 is 19.9 Å². The van der Waals surface area contributed by atoms with Crippen molar-refractivity contribution in [3.8, 4) is 17.1 Å². The Bertz CT molecular complexity index is 480. The highest BCUT2D eigenvalue weighted by molar-refractivity contribution is 5.57. The maximum absolute atomic E-state index is 8.94. The van der Waals surface area contributed by atoms with Gasteiger partial charge in [-0.25, -0.2) is 4.98 Å². The highest BCUT2D eigenvalue weighted by Crippen LogP contribution is 2.22. The topological polar surface area (TPSA) is 78.4 Å². The summed E-state index contributed by atoms with van der Waals surface area (Å²) in [6.45, 7) is 0. The van der Waals surface area contributed by atoms with E-state index in [4.69, 9.17) is 14.9 Å². The van der Waals surface area contributed by atoms with Gasteiger partial charge in [-0.2, -0.15) is 0 Å². The monoisotopic (exact) mass is 220 g/mol. The number of aliphatic hydroxyl groups excluding tert-OH is 1. The van der Waals surface area contributed by atoms with Crippen molar-refractivity contribution in [2.45, 2.75) is 6.29 Å². The molecule has 84 valence electrons. The largest absolute Gasteiger partial charge is 0.497 e. The number of benzene rings is 1. The summed E-state index contributed by atoms with van der Waals surface area (Å²) in [7, 11) is 1.59. The maximum atomic E-state index is 8.94. The van der Waals surface area contributed by atoms with E-state index in [-0.39, 0.29) is 5.69 Å². The average Bonchev–Trinajstić information content (AvgIpc) is 2.78. The van der Waals surface area contributed by atoms with Crippen molar-refractivity contribution in [3.05, 3.63) is 36.2 Å². The molecule has 0 radical (unpaired) electrons. The van der Waals surface area contributed by atoms with Crippen LogP contribution in [0.4, 0.5) is 0 Å². The number of nitrogens with zero attached hydrogens (tertiary/aromatic N) is 1. The molecule has 0 aliphatic carbocycles. The number of imidazole rings is 1. The van der Waals surface area contributed by atoms with Crippen LogP contribution < -0.4 is 4.74 Å². The van der Waals surface area contributed by atoms with Crippen LogP contribution >= 0.6 is 0 Å². The van der Waals surface area contributed by atoms with Crippen molar-refractivity contribution in [2.75, 3.05) is 7.11 Å². The Hall–Kier alpha value is -1.85. The van der Waals surface area contributed by atoms with Crippen LogP contribution in [-0.4, -0.2) is 27.3 Å². The molecule has 2 aromatic rings. The molecule has 1 aromatic carbocycles. The SMILES string of the molecule is COc1cccc(-c2ncc(C(O)O)[nH]2)c1. The number of rotatable bonds is 3. The van der Waals surface area contributed by atoms with Gasteiger partial charge in [0.05, 0.1) is 19.0 Å². The molecule has 1 aromatic heterocycles. The molecule has 0 saturated carbocycles. The van der Waals surface area contributed by atoms with Crippen molar-refractivity contribution in [1.82, 2.24) is 9.97 Å². The third kappa shape index (κ3) is 2.05. The number of aliphatic hydroxyl groups is 2.